The SMILES string of the molecule is C=CCCNCC1(O)CCOCC1. The number of aliphatic hydroxyl groups is 1. The Morgan fingerprint density at radius 1 is 1.46 bits per heavy atom. The summed E-state index contributed by atoms with van der Waals surface area (Å²) in [6.07, 6.45) is 4.32. The Labute approximate surface area is 79.8 Å². The van der Waals surface area contributed by atoms with Gasteiger partial charge < -0.3 is 15.2 Å². The Morgan fingerprint density at radius 3 is 2.77 bits per heavy atom. The lowest BCUT2D eigenvalue weighted by molar-refractivity contribution is -0.0613. The fourth-order valence-corrected chi connectivity index (χ4v) is 1.45. The van der Waals surface area contributed by atoms with Gasteiger partial charge in [-0.15, -0.1) is 6.58 Å². The summed E-state index contributed by atoms with van der Waals surface area (Å²) in [6, 6.07) is 0. The molecule has 1 aliphatic rings. The second kappa shape index (κ2) is 5.37. The molecule has 1 heterocycles. The van der Waals surface area contributed by atoms with E-state index < -0.39 is 5.60 Å². The molecule has 1 rings (SSSR count). The highest BCUT2D eigenvalue weighted by Crippen LogP contribution is 2.18. The van der Waals surface area contributed by atoms with Crippen molar-refractivity contribution in [3.05, 3.63) is 12.7 Å². The predicted octanol–water partition coefficient (Wildman–Crippen LogP) is 0.694. The van der Waals surface area contributed by atoms with Gasteiger partial charge in [0.1, 0.15) is 0 Å². The van der Waals surface area contributed by atoms with E-state index in [1.165, 1.54) is 0 Å². The summed E-state index contributed by atoms with van der Waals surface area (Å²) in [5.74, 6) is 0. The molecule has 3 nitrogen and oxygen atoms in total. The highest BCUT2D eigenvalue weighted by molar-refractivity contribution is 4.83. The van der Waals surface area contributed by atoms with Crippen LogP contribution in [-0.2, 0) is 4.74 Å². The Hall–Kier alpha value is -0.380. The molecule has 0 amide bonds. The van der Waals surface area contributed by atoms with Crippen molar-refractivity contribution in [2.75, 3.05) is 26.3 Å². The van der Waals surface area contributed by atoms with E-state index in [0.717, 1.165) is 25.8 Å². The fourth-order valence-electron chi connectivity index (χ4n) is 1.45. The second-order valence-corrected chi connectivity index (χ2v) is 3.59. The molecule has 0 saturated carbocycles. The topological polar surface area (TPSA) is 41.5 Å². The second-order valence-electron chi connectivity index (χ2n) is 3.59. The van der Waals surface area contributed by atoms with Crippen molar-refractivity contribution >= 4 is 0 Å². The zero-order chi connectivity index (χ0) is 9.57. The molecule has 0 atom stereocenters. The van der Waals surface area contributed by atoms with E-state index in [-0.39, 0.29) is 0 Å². The maximum Gasteiger partial charge on any atom is 0.0815 e. The summed E-state index contributed by atoms with van der Waals surface area (Å²) in [5.41, 5.74) is -0.542. The van der Waals surface area contributed by atoms with Crippen LogP contribution in [0.1, 0.15) is 19.3 Å². The van der Waals surface area contributed by atoms with Crippen LogP contribution in [0, 0.1) is 0 Å². The Kier molecular flexibility index (Phi) is 4.42. The average molecular weight is 185 g/mol. The molecule has 1 aliphatic heterocycles. The summed E-state index contributed by atoms with van der Waals surface area (Å²) in [6.45, 7) is 6.57. The van der Waals surface area contributed by atoms with Crippen molar-refractivity contribution in [3.8, 4) is 0 Å². The number of nitrogens with one attached hydrogen (secondary N) is 1. The molecule has 0 aliphatic carbocycles. The molecule has 3 heteroatoms. The maximum atomic E-state index is 10.0. The third-order valence-electron chi connectivity index (χ3n) is 2.40. The van der Waals surface area contributed by atoms with Crippen LogP contribution in [0.3, 0.4) is 0 Å². The minimum Gasteiger partial charge on any atom is -0.388 e. The van der Waals surface area contributed by atoms with Crippen LogP contribution in [0.2, 0.25) is 0 Å². The number of hydrogen-bond acceptors (Lipinski definition) is 3. The number of hydrogen-bond donors (Lipinski definition) is 2. The van der Waals surface area contributed by atoms with E-state index in [4.69, 9.17) is 4.74 Å². The average Bonchev–Trinajstić information content (AvgIpc) is 2.14. The van der Waals surface area contributed by atoms with Crippen LogP contribution in [0.25, 0.3) is 0 Å². The Morgan fingerprint density at radius 2 is 2.15 bits per heavy atom. The smallest absolute Gasteiger partial charge is 0.0815 e. The summed E-state index contributed by atoms with van der Waals surface area (Å²) < 4.78 is 5.19. The Bertz CT molecular complexity index is 153. The lowest BCUT2D eigenvalue weighted by Gasteiger charge is -2.32. The summed E-state index contributed by atoms with van der Waals surface area (Å²) in [7, 11) is 0. The molecular formula is C10H19NO2. The monoisotopic (exact) mass is 185 g/mol. The molecule has 0 radical (unpaired) electrons. The van der Waals surface area contributed by atoms with Gasteiger partial charge >= 0.3 is 0 Å². The predicted molar refractivity (Wildman–Crippen MR) is 52.7 cm³/mol. The number of ether oxygens (including phenoxy) is 1. The first-order chi connectivity index (χ1) is 6.27. The van der Waals surface area contributed by atoms with Crippen molar-refractivity contribution in [2.45, 2.75) is 24.9 Å². The van der Waals surface area contributed by atoms with E-state index >= 15 is 0 Å². The molecular weight excluding hydrogens is 166 g/mol. The molecule has 1 saturated heterocycles. The lowest BCUT2D eigenvalue weighted by atomic mass is 9.94. The van der Waals surface area contributed by atoms with Gasteiger partial charge in [0, 0.05) is 32.6 Å². The first-order valence-corrected chi connectivity index (χ1v) is 4.89. The standard InChI is InChI=1S/C10H19NO2/c1-2-3-6-11-9-10(12)4-7-13-8-5-10/h2,11-12H,1,3-9H2. The summed E-state index contributed by atoms with van der Waals surface area (Å²) in [4.78, 5) is 0. The first-order valence-electron chi connectivity index (χ1n) is 4.89. The molecule has 2 N–H and O–H groups in total. The van der Waals surface area contributed by atoms with E-state index in [1.54, 1.807) is 0 Å². The van der Waals surface area contributed by atoms with E-state index in [2.05, 4.69) is 11.9 Å². The molecule has 13 heavy (non-hydrogen) atoms. The van der Waals surface area contributed by atoms with Crippen molar-refractivity contribution < 1.29 is 9.84 Å². The summed E-state index contributed by atoms with van der Waals surface area (Å²) in [5, 5.41) is 13.2. The van der Waals surface area contributed by atoms with Gasteiger partial charge in [0.05, 0.1) is 5.60 Å². The minimum atomic E-state index is -0.542. The van der Waals surface area contributed by atoms with Crippen LogP contribution in [0.4, 0.5) is 0 Å². The molecule has 0 unspecified atom stereocenters. The van der Waals surface area contributed by atoms with Crippen LogP contribution in [0.15, 0.2) is 12.7 Å². The van der Waals surface area contributed by atoms with Crippen molar-refractivity contribution in [3.63, 3.8) is 0 Å². The van der Waals surface area contributed by atoms with E-state index in [0.29, 0.717) is 19.8 Å². The van der Waals surface area contributed by atoms with Gasteiger partial charge in [-0.25, -0.2) is 0 Å². The van der Waals surface area contributed by atoms with Crippen LogP contribution in [0.5, 0.6) is 0 Å². The molecule has 0 bridgehead atoms. The molecule has 1 fully saturated rings. The van der Waals surface area contributed by atoms with Crippen LogP contribution < -0.4 is 5.32 Å². The fraction of sp³-hybridized carbons (Fsp3) is 0.800. The lowest BCUT2D eigenvalue weighted by Crippen LogP contribution is -2.45. The zero-order valence-electron chi connectivity index (χ0n) is 8.09. The van der Waals surface area contributed by atoms with Gasteiger partial charge in [0.2, 0.25) is 0 Å². The van der Waals surface area contributed by atoms with E-state index in [1.807, 2.05) is 6.08 Å². The third-order valence-corrected chi connectivity index (χ3v) is 2.40. The van der Waals surface area contributed by atoms with Gasteiger partial charge in [0.15, 0.2) is 0 Å². The van der Waals surface area contributed by atoms with Gasteiger partial charge in [-0.05, 0) is 13.0 Å². The minimum absolute atomic E-state index is 0.542. The van der Waals surface area contributed by atoms with Gasteiger partial charge in [-0.1, -0.05) is 6.08 Å². The largest absolute Gasteiger partial charge is 0.388 e. The molecule has 0 spiro atoms. The maximum absolute atomic E-state index is 10.0. The normalized spacial score (nSPS) is 21.3. The van der Waals surface area contributed by atoms with Crippen LogP contribution in [-0.4, -0.2) is 37.0 Å². The molecule has 0 aromatic carbocycles. The zero-order valence-corrected chi connectivity index (χ0v) is 8.09. The van der Waals surface area contributed by atoms with Crippen molar-refractivity contribution in [2.24, 2.45) is 0 Å². The summed E-state index contributed by atoms with van der Waals surface area (Å²) >= 11 is 0. The number of rotatable bonds is 5. The van der Waals surface area contributed by atoms with Crippen LogP contribution >= 0.6 is 0 Å². The first kappa shape index (κ1) is 10.7. The quantitative estimate of drug-likeness (QED) is 0.489. The third kappa shape index (κ3) is 3.89. The Balaban J connectivity index is 2.13. The highest BCUT2D eigenvalue weighted by Gasteiger charge is 2.28. The molecule has 76 valence electrons. The highest BCUT2D eigenvalue weighted by atomic mass is 16.5. The molecule has 0 aromatic heterocycles. The van der Waals surface area contributed by atoms with Gasteiger partial charge in [-0.3, -0.25) is 0 Å². The van der Waals surface area contributed by atoms with Gasteiger partial charge in [0.25, 0.3) is 0 Å². The molecule has 0 aromatic rings. The van der Waals surface area contributed by atoms with E-state index in [9.17, 15) is 5.11 Å². The van der Waals surface area contributed by atoms with Crippen molar-refractivity contribution in [1.29, 1.82) is 0 Å². The van der Waals surface area contributed by atoms with Gasteiger partial charge in [-0.2, -0.15) is 0 Å². The van der Waals surface area contributed by atoms with Crippen molar-refractivity contribution in [1.82, 2.24) is 5.32 Å².